The summed E-state index contributed by atoms with van der Waals surface area (Å²) in [6.45, 7) is 4.89. The zero-order valence-electron chi connectivity index (χ0n) is 14.7. The SMILES string of the molecule is N#Cc1cc(F)cc(S(=O)(=O)N2CC3(CC(N4CC5(COC5)C4)CO3)C2)c1. The van der Waals surface area contributed by atoms with Gasteiger partial charge in [-0.1, -0.05) is 0 Å². The van der Waals surface area contributed by atoms with Crippen molar-refractivity contribution in [1.29, 1.82) is 5.26 Å². The Balaban J connectivity index is 1.24. The van der Waals surface area contributed by atoms with Crippen molar-refractivity contribution in [1.82, 2.24) is 9.21 Å². The third-order valence-electron chi connectivity index (χ3n) is 6.17. The topological polar surface area (TPSA) is 82.9 Å². The van der Waals surface area contributed by atoms with Gasteiger partial charge in [-0.05, 0) is 24.6 Å². The molecule has 1 aromatic carbocycles. The molecule has 27 heavy (non-hydrogen) atoms. The summed E-state index contributed by atoms with van der Waals surface area (Å²) in [5.74, 6) is -0.730. The van der Waals surface area contributed by atoms with E-state index >= 15 is 0 Å². The van der Waals surface area contributed by atoms with Gasteiger partial charge in [-0.15, -0.1) is 0 Å². The summed E-state index contributed by atoms with van der Waals surface area (Å²) in [6, 6.07) is 5.30. The first-order chi connectivity index (χ1) is 12.8. The van der Waals surface area contributed by atoms with Gasteiger partial charge < -0.3 is 9.47 Å². The van der Waals surface area contributed by atoms with Crippen LogP contribution in [-0.4, -0.2) is 75.3 Å². The molecule has 0 aromatic heterocycles. The maximum atomic E-state index is 13.6. The minimum Gasteiger partial charge on any atom is -0.380 e. The van der Waals surface area contributed by atoms with Crippen LogP contribution in [0.1, 0.15) is 12.0 Å². The van der Waals surface area contributed by atoms with E-state index in [1.54, 1.807) is 6.07 Å². The van der Waals surface area contributed by atoms with Crippen molar-refractivity contribution >= 4 is 10.0 Å². The lowest BCUT2D eigenvalue weighted by molar-refractivity contribution is -0.197. The fourth-order valence-electron chi connectivity index (χ4n) is 4.61. The fourth-order valence-corrected chi connectivity index (χ4v) is 6.26. The monoisotopic (exact) mass is 393 g/mol. The highest BCUT2D eigenvalue weighted by molar-refractivity contribution is 7.89. The molecule has 4 aliphatic heterocycles. The van der Waals surface area contributed by atoms with Gasteiger partial charge in [-0.3, -0.25) is 4.90 Å². The Labute approximate surface area is 157 Å². The highest BCUT2D eigenvalue weighted by Gasteiger charge is 2.58. The average molecular weight is 393 g/mol. The van der Waals surface area contributed by atoms with E-state index in [1.165, 1.54) is 10.4 Å². The van der Waals surface area contributed by atoms with Gasteiger partial charge in [0.15, 0.2) is 0 Å². The average Bonchev–Trinajstić information content (AvgIpc) is 2.95. The molecule has 1 aromatic rings. The second kappa shape index (κ2) is 5.72. The van der Waals surface area contributed by atoms with Crippen LogP contribution in [0.3, 0.4) is 0 Å². The van der Waals surface area contributed by atoms with Gasteiger partial charge in [0, 0.05) is 37.6 Å². The van der Waals surface area contributed by atoms with Crippen molar-refractivity contribution in [3.05, 3.63) is 29.6 Å². The lowest BCUT2D eigenvalue weighted by Gasteiger charge is -2.57. The minimum atomic E-state index is -3.83. The van der Waals surface area contributed by atoms with Crippen molar-refractivity contribution in [2.45, 2.75) is 23.0 Å². The molecule has 4 heterocycles. The molecule has 0 radical (unpaired) electrons. The van der Waals surface area contributed by atoms with Crippen LogP contribution in [0.2, 0.25) is 0 Å². The normalized spacial score (nSPS) is 29.1. The summed E-state index contributed by atoms with van der Waals surface area (Å²) < 4.78 is 51.8. The molecule has 144 valence electrons. The second-order valence-corrected chi connectivity index (χ2v) is 10.2. The first kappa shape index (κ1) is 17.5. The van der Waals surface area contributed by atoms with Crippen LogP contribution in [0.5, 0.6) is 0 Å². The van der Waals surface area contributed by atoms with Crippen molar-refractivity contribution < 1.29 is 22.3 Å². The summed E-state index contributed by atoms with van der Waals surface area (Å²) in [4.78, 5) is 2.22. The molecule has 1 atom stereocenters. The molecule has 4 fully saturated rings. The number of rotatable bonds is 3. The highest BCUT2D eigenvalue weighted by Crippen LogP contribution is 2.44. The number of halogens is 1. The lowest BCUT2D eigenvalue weighted by atomic mass is 9.76. The van der Waals surface area contributed by atoms with Crippen LogP contribution in [-0.2, 0) is 19.5 Å². The largest absolute Gasteiger partial charge is 0.380 e. The highest BCUT2D eigenvalue weighted by atomic mass is 32.2. The second-order valence-electron chi connectivity index (χ2n) is 8.31. The Kier molecular flexibility index (Phi) is 3.71. The third kappa shape index (κ3) is 2.70. The Morgan fingerprint density at radius 2 is 1.93 bits per heavy atom. The number of ether oxygens (including phenoxy) is 2. The molecule has 5 rings (SSSR count). The summed E-state index contributed by atoms with van der Waals surface area (Å²) in [7, 11) is -3.83. The molecule has 2 spiro atoms. The maximum Gasteiger partial charge on any atom is 0.243 e. The van der Waals surface area contributed by atoms with E-state index in [0.29, 0.717) is 18.1 Å². The van der Waals surface area contributed by atoms with Crippen LogP contribution in [0.4, 0.5) is 4.39 Å². The van der Waals surface area contributed by atoms with E-state index in [0.717, 1.165) is 44.9 Å². The summed E-state index contributed by atoms with van der Waals surface area (Å²) in [5, 5.41) is 8.94. The molecular formula is C18H20FN3O4S. The molecule has 0 N–H and O–H groups in total. The van der Waals surface area contributed by atoms with E-state index in [4.69, 9.17) is 14.7 Å². The van der Waals surface area contributed by atoms with E-state index < -0.39 is 21.4 Å². The van der Waals surface area contributed by atoms with E-state index in [-0.39, 0.29) is 23.5 Å². The van der Waals surface area contributed by atoms with Crippen molar-refractivity contribution in [3.8, 4) is 6.07 Å². The molecule has 0 amide bonds. The van der Waals surface area contributed by atoms with Crippen LogP contribution in [0, 0.1) is 22.6 Å². The number of benzene rings is 1. The Hall–Kier alpha value is -1.57. The summed E-state index contributed by atoms with van der Waals surface area (Å²) in [5.41, 5.74) is -0.101. The Morgan fingerprint density at radius 3 is 2.56 bits per heavy atom. The van der Waals surface area contributed by atoms with Gasteiger partial charge in [-0.2, -0.15) is 9.57 Å². The first-order valence-corrected chi connectivity index (χ1v) is 10.4. The fraction of sp³-hybridized carbons (Fsp3) is 0.611. The predicted octanol–water partition coefficient (Wildman–Crippen LogP) is 0.562. The van der Waals surface area contributed by atoms with Gasteiger partial charge in [0.1, 0.15) is 5.82 Å². The van der Waals surface area contributed by atoms with Crippen LogP contribution in [0.25, 0.3) is 0 Å². The van der Waals surface area contributed by atoms with Gasteiger partial charge in [0.2, 0.25) is 10.0 Å². The van der Waals surface area contributed by atoms with Crippen molar-refractivity contribution in [2.24, 2.45) is 5.41 Å². The molecule has 4 aliphatic rings. The number of likely N-dealkylation sites (tertiary alicyclic amines) is 1. The molecule has 0 saturated carbocycles. The standard InChI is InChI=1S/C18H20FN3O4S/c19-14-1-13(5-20)2-16(3-14)27(23,24)22-9-18(10-22)4-15(6-26-18)21-7-17(8-21)11-25-12-17/h1-3,15H,4,6-12H2. The molecule has 1 unspecified atom stereocenters. The van der Waals surface area contributed by atoms with Crippen LogP contribution < -0.4 is 0 Å². The lowest BCUT2D eigenvalue weighted by Crippen LogP contribution is -2.68. The van der Waals surface area contributed by atoms with Crippen molar-refractivity contribution in [3.63, 3.8) is 0 Å². The molecule has 4 saturated heterocycles. The molecule has 7 nitrogen and oxygen atoms in total. The van der Waals surface area contributed by atoms with Gasteiger partial charge in [0.25, 0.3) is 0 Å². The smallest absolute Gasteiger partial charge is 0.243 e. The number of nitrogens with zero attached hydrogens (tertiary/aromatic N) is 3. The summed E-state index contributed by atoms with van der Waals surface area (Å²) >= 11 is 0. The Bertz CT molecular complexity index is 926. The zero-order chi connectivity index (χ0) is 18.9. The molecule has 0 bridgehead atoms. The van der Waals surface area contributed by atoms with E-state index in [9.17, 15) is 12.8 Å². The van der Waals surface area contributed by atoms with Gasteiger partial charge in [0.05, 0.1) is 41.9 Å². The van der Waals surface area contributed by atoms with Crippen molar-refractivity contribution in [2.75, 3.05) is 46.0 Å². The number of hydrogen-bond donors (Lipinski definition) is 0. The quantitative estimate of drug-likeness (QED) is 0.746. The zero-order valence-corrected chi connectivity index (χ0v) is 15.5. The minimum absolute atomic E-state index is 0.00678. The van der Waals surface area contributed by atoms with E-state index in [2.05, 4.69) is 4.90 Å². The summed E-state index contributed by atoms with van der Waals surface area (Å²) in [6.07, 6.45) is 0.808. The Morgan fingerprint density at radius 1 is 1.19 bits per heavy atom. The predicted molar refractivity (Wildman–Crippen MR) is 91.8 cm³/mol. The van der Waals surface area contributed by atoms with E-state index in [1.807, 2.05) is 0 Å². The first-order valence-electron chi connectivity index (χ1n) is 9.00. The number of sulfonamides is 1. The molecular weight excluding hydrogens is 373 g/mol. The molecule has 0 aliphatic carbocycles. The number of nitriles is 1. The molecule has 9 heteroatoms. The van der Waals surface area contributed by atoms with Gasteiger partial charge >= 0.3 is 0 Å². The third-order valence-corrected chi connectivity index (χ3v) is 7.94. The number of hydrogen-bond acceptors (Lipinski definition) is 6. The van der Waals surface area contributed by atoms with Gasteiger partial charge in [-0.25, -0.2) is 12.8 Å². The van der Waals surface area contributed by atoms with Crippen LogP contribution in [0.15, 0.2) is 23.1 Å². The maximum absolute atomic E-state index is 13.6. The van der Waals surface area contributed by atoms with Crippen LogP contribution >= 0.6 is 0 Å².